The zero-order valence-corrected chi connectivity index (χ0v) is 31.6. The quantitative estimate of drug-likeness (QED) is 0.0671. The number of hydrogen-bond donors (Lipinski definition) is 9. The van der Waals surface area contributed by atoms with Crippen LogP contribution in [-0.2, 0) is 46.4 Å². The Balaban J connectivity index is 2.22. The largest absolute Gasteiger partial charge is 0.481 e. The van der Waals surface area contributed by atoms with Crippen LogP contribution in [0.4, 0.5) is 0 Å². The topological polar surface area (TPSA) is 272 Å². The van der Waals surface area contributed by atoms with Gasteiger partial charge in [-0.05, 0) is 42.7 Å². The highest BCUT2D eigenvalue weighted by Gasteiger charge is 2.32. The summed E-state index contributed by atoms with van der Waals surface area (Å²) in [7, 11) is 0. The van der Waals surface area contributed by atoms with Gasteiger partial charge in [-0.25, -0.2) is 4.79 Å². The van der Waals surface area contributed by atoms with Gasteiger partial charge in [0.2, 0.25) is 29.5 Å². The van der Waals surface area contributed by atoms with Crippen LogP contribution in [0.25, 0.3) is 0 Å². The van der Waals surface area contributed by atoms with Crippen LogP contribution in [0.1, 0.15) is 44.2 Å². The van der Waals surface area contributed by atoms with Crippen molar-refractivity contribution >= 4 is 53.2 Å². The van der Waals surface area contributed by atoms with E-state index in [9.17, 15) is 43.8 Å². The van der Waals surface area contributed by atoms with E-state index in [4.69, 9.17) is 11.5 Å². The van der Waals surface area contributed by atoms with Gasteiger partial charge in [0.15, 0.2) is 0 Å². The Morgan fingerprint density at radius 2 is 1.17 bits per heavy atom. The lowest BCUT2D eigenvalue weighted by Gasteiger charge is -2.25. The van der Waals surface area contributed by atoms with Crippen LogP contribution in [0.5, 0.6) is 0 Å². The van der Waals surface area contributed by atoms with E-state index in [1.54, 1.807) is 43.5 Å². The van der Waals surface area contributed by atoms with Gasteiger partial charge in [-0.15, -0.1) is 0 Å². The van der Waals surface area contributed by atoms with Gasteiger partial charge in [0.25, 0.3) is 0 Å². The first-order valence-electron chi connectivity index (χ1n) is 17.6. The maximum atomic E-state index is 13.9. The average Bonchev–Trinajstić information content (AvgIpc) is 3.13. The third-order valence-electron chi connectivity index (χ3n) is 8.49. The second-order valence-electron chi connectivity index (χ2n) is 13.2. The predicted molar refractivity (Wildman–Crippen MR) is 204 cm³/mol. The highest BCUT2D eigenvalue weighted by molar-refractivity contribution is 7.98. The number of amides is 5. The molecular weight excluding hydrogens is 719 g/mol. The molecule has 5 amide bonds. The van der Waals surface area contributed by atoms with Gasteiger partial charge in [-0.3, -0.25) is 28.8 Å². The van der Waals surface area contributed by atoms with E-state index in [0.29, 0.717) is 18.5 Å². The molecular formula is C37H53N7O9S. The number of hydrogen-bond acceptors (Lipinski definition) is 10. The summed E-state index contributed by atoms with van der Waals surface area (Å²) in [6.45, 7) is 3.80. The van der Waals surface area contributed by atoms with Gasteiger partial charge >= 0.3 is 11.9 Å². The molecule has 7 atom stereocenters. The number of carboxylic acid groups (broad SMARTS) is 2. The van der Waals surface area contributed by atoms with Gasteiger partial charge in [-0.1, -0.05) is 74.5 Å². The van der Waals surface area contributed by atoms with E-state index < -0.39 is 84.7 Å². The first-order chi connectivity index (χ1) is 25.6. The molecule has 0 fully saturated rings. The summed E-state index contributed by atoms with van der Waals surface area (Å²) in [5.74, 6) is -6.67. The number of benzene rings is 2. The number of carbonyl (C=O) groups is 7. The van der Waals surface area contributed by atoms with Crippen molar-refractivity contribution in [3.63, 3.8) is 0 Å². The fourth-order valence-corrected chi connectivity index (χ4v) is 6.08. The third-order valence-corrected chi connectivity index (χ3v) is 9.15. The van der Waals surface area contributed by atoms with Crippen LogP contribution < -0.4 is 38.1 Å². The number of carbonyl (C=O) groups excluding carboxylic acids is 5. The lowest BCUT2D eigenvalue weighted by Crippen LogP contribution is -2.59. The summed E-state index contributed by atoms with van der Waals surface area (Å²) in [6, 6.07) is 11.2. The summed E-state index contributed by atoms with van der Waals surface area (Å²) in [6.07, 6.45) is 2.26. The van der Waals surface area contributed by atoms with E-state index in [2.05, 4.69) is 26.6 Å². The van der Waals surface area contributed by atoms with Gasteiger partial charge in [0.1, 0.15) is 30.2 Å². The Kier molecular flexibility index (Phi) is 19.8. The number of thioether (sulfide) groups is 1. The van der Waals surface area contributed by atoms with E-state index in [1.165, 1.54) is 0 Å². The number of nitrogens with two attached hydrogens (primary N) is 2. The van der Waals surface area contributed by atoms with Crippen molar-refractivity contribution in [2.75, 3.05) is 25.1 Å². The van der Waals surface area contributed by atoms with Crippen molar-refractivity contribution in [1.29, 1.82) is 0 Å². The van der Waals surface area contributed by atoms with Crippen LogP contribution >= 0.6 is 11.8 Å². The Morgan fingerprint density at radius 1 is 0.685 bits per heavy atom. The maximum Gasteiger partial charge on any atom is 0.327 e. The molecule has 0 aliphatic carbocycles. The minimum absolute atomic E-state index is 0.00590. The molecule has 2 unspecified atom stereocenters. The maximum absolute atomic E-state index is 13.9. The minimum atomic E-state index is -1.66. The molecule has 0 aromatic heterocycles. The zero-order valence-electron chi connectivity index (χ0n) is 30.8. The summed E-state index contributed by atoms with van der Waals surface area (Å²) in [5, 5.41) is 31.3. The molecule has 0 bridgehead atoms. The van der Waals surface area contributed by atoms with Crippen LogP contribution in [0.2, 0.25) is 0 Å². The standard InChI is InChI=1S/C37H53N7O9S/c1-22(14-15-38)16-23(2)32(47)41-28(18-25-12-8-5-9-13-25)35(50)43-27(17-24-10-6-4-7-11-24)34(49)40-20-26(39)33(48)42-29(19-31(45)46)36(51)44-30(21-54-3)37(52)53/h4-13,22-23,26-30H,14-21,38-39H2,1-3H3,(H,40,49)(H,41,47)(H,42,48)(H,43,50)(H,44,51)(H,45,46)(H,52,53)/t22?,23?,26-,27-,28-,29-,30-/m0/s1. The predicted octanol–water partition coefficient (Wildman–Crippen LogP) is -0.212. The van der Waals surface area contributed by atoms with E-state index in [0.717, 1.165) is 23.7 Å². The normalized spacial score (nSPS) is 14.8. The smallest absolute Gasteiger partial charge is 0.327 e. The van der Waals surface area contributed by atoms with E-state index in [-0.39, 0.29) is 30.4 Å². The van der Waals surface area contributed by atoms with Crippen molar-refractivity contribution in [2.45, 2.75) is 76.2 Å². The molecule has 0 heterocycles. The van der Waals surface area contributed by atoms with E-state index >= 15 is 0 Å². The lowest BCUT2D eigenvalue weighted by molar-refractivity contribution is -0.143. The molecule has 17 heteroatoms. The van der Waals surface area contributed by atoms with Crippen molar-refractivity contribution in [3.8, 4) is 0 Å². The highest BCUT2D eigenvalue weighted by atomic mass is 32.2. The summed E-state index contributed by atoms with van der Waals surface area (Å²) >= 11 is 1.14. The van der Waals surface area contributed by atoms with Crippen LogP contribution in [-0.4, -0.2) is 107 Å². The van der Waals surface area contributed by atoms with Crippen molar-refractivity contribution < 1.29 is 43.8 Å². The van der Waals surface area contributed by atoms with Crippen LogP contribution in [0.3, 0.4) is 0 Å². The molecule has 0 saturated heterocycles. The van der Waals surface area contributed by atoms with Crippen molar-refractivity contribution in [3.05, 3.63) is 71.8 Å². The van der Waals surface area contributed by atoms with Crippen LogP contribution in [0.15, 0.2) is 60.7 Å². The molecule has 296 valence electrons. The molecule has 2 aromatic carbocycles. The van der Waals surface area contributed by atoms with Crippen molar-refractivity contribution in [1.82, 2.24) is 26.6 Å². The molecule has 2 rings (SSSR count). The Bertz CT molecular complexity index is 1550. The number of aliphatic carboxylic acids is 2. The Hall–Kier alpha value is -5.00. The van der Waals surface area contributed by atoms with Crippen LogP contribution in [0, 0.1) is 11.8 Å². The van der Waals surface area contributed by atoms with Gasteiger partial charge in [0.05, 0.1) is 6.42 Å². The molecule has 11 N–H and O–H groups in total. The molecule has 0 aliphatic heterocycles. The molecule has 54 heavy (non-hydrogen) atoms. The first-order valence-corrected chi connectivity index (χ1v) is 19.0. The Morgan fingerprint density at radius 3 is 1.67 bits per heavy atom. The average molecular weight is 772 g/mol. The summed E-state index contributed by atoms with van der Waals surface area (Å²) in [4.78, 5) is 89.5. The summed E-state index contributed by atoms with van der Waals surface area (Å²) in [5.41, 5.74) is 13.2. The second kappa shape index (κ2) is 23.6. The highest BCUT2D eigenvalue weighted by Crippen LogP contribution is 2.16. The SMILES string of the molecule is CSC[C@H](NC(=O)[C@H](CC(=O)O)NC(=O)[C@@H](N)CNC(=O)[C@H](Cc1ccccc1)NC(=O)[C@H](Cc1ccccc1)NC(=O)C(C)CC(C)CCN)C(=O)O. The monoisotopic (exact) mass is 771 g/mol. The molecule has 0 saturated carbocycles. The van der Waals surface area contributed by atoms with E-state index in [1.807, 2.05) is 37.3 Å². The molecule has 0 aliphatic rings. The minimum Gasteiger partial charge on any atom is -0.481 e. The summed E-state index contributed by atoms with van der Waals surface area (Å²) < 4.78 is 0. The number of nitrogens with one attached hydrogen (secondary N) is 5. The number of rotatable bonds is 24. The fourth-order valence-electron chi connectivity index (χ4n) is 5.52. The van der Waals surface area contributed by atoms with Crippen molar-refractivity contribution in [2.24, 2.45) is 23.3 Å². The molecule has 0 radical (unpaired) electrons. The Labute approximate surface area is 319 Å². The fraction of sp³-hybridized carbons (Fsp3) is 0.486. The molecule has 16 nitrogen and oxygen atoms in total. The second-order valence-corrected chi connectivity index (χ2v) is 14.1. The molecule has 2 aromatic rings. The van der Waals surface area contributed by atoms with Gasteiger partial charge in [-0.2, -0.15) is 11.8 Å². The lowest BCUT2D eigenvalue weighted by atomic mass is 9.93. The molecule has 0 spiro atoms. The first kappa shape index (κ1) is 45.2. The third kappa shape index (κ3) is 16.3. The van der Waals surface area contributed by atoms with Gasteiger partial charge < -0.3 is 48.3 Å². The number of carboxylic acids is 2. The zero-order chi connectivity index (χ0) is 40.2. The van der Waals surface area contributed by atoms with Gasteiger partial charge in [0, 0.05) is 31.1 Å².